The van der Waals surface area contributed by atoms with Crippen molar-refractivity contribution < 1.29 is 4.79 Å². The van der Waals surface area contributed by atoms with Crippen molar-refractivity contribution >= 4 is 17.2 Å². The number of carbonyl (C=O) groups is 1. The molecule has 0 spiro atoms. The zero-order valence-electron chi connectivity index (χ0n) is 12.2. The zero-order chi connectivity index (χ0) is 14.5. The molecule has 0 bridgehead atoms. The van der Waals surface area contributed by atoms with E-state index in [0.29, 0.717) is 6.54 Å². The van der Waals surface area contributed by atoms with Crippen LogP contribution >= 0.6 is 11.3 Å². The SMILES string of the molecule is O=C(NCCc1ncc[nH]1)c1cc2c(s1)CCCCCC2. The van der Waals surface area contributed by atoms with Crippen LogP contribution in [0.15, 0.2) is 18.5 Å². The van der Waals surface area contributed by atoms with Gasteiger partial charge in [-0.3, -0.25) is 4.79 Å². The summed E-state index contributed by atoms with van der Waals surface area (Å²) in [4.78, 5) is 21.7. The largest absolute Gasteiger partial charge is 0.351 e. The minimum Gasteiger partial charge on any atom is -0.351 e. The highest BCUT2D eigenvalue weighted by Crippen LogP contribution is 2.28. The normalized spacial score (nSPS) is 15.0. The number of aryl methyl sites for hydroxylation is 2. The van der Waals surface area contributed by atoms with E-state index in [1.165, 1.54) is 36.1 Å². The summed E-state index contributed by atoms with van der Waals surface area (Å²) in [5.74, 6) is 0.965. The summed E-state index contributed by atoms with van der Waals surface area (Å²) < 4.78 is 0. The molecule has 0 saturated heterocycles. The fourth-order valence-electron chi connectivity index (χ4n) is 2.77. The van der Waals surface area contributed by atoms with Crippen LogP contribution in [-0.4, -0.2) is 22.4 Å². The maximum Gasteiger partial charge on any atom is 0.261 e. The Bertz CT molecular complexity index is 563. The Morgan fingerprint density at radius 2 is 2.14 bits per heavy atom. The van der Waals surface area contributed by atoms with Crippen molar-refractivity contribution in [2.75, 3.05) is 6.54 Å². The molecule has 3 rings (SSSR count). The van der Waals surface area contributed by atoms with Gasteiger partial charge in [-0.05, 0) is 37.3 Å². The smallest absolute Gasteiger partial charge is 0.261 e. The fraction of sp³-hybridized carbons (Fsp3) is 0.500. The Morgan fingerprint density at radius 1 is 1.29 bits per heavy atom. The van der Waals surface area contributed by atoms with E-state index >= 15 is 0 Å². The molecular formula is C16H21N3OS. The topological polar surface area (TPSA) is 57.8 Å². The van der Waals surface area contributed by atoms with Crippen LogP contribution in [0.5, 0.6) is 0 Å². The number of nitrogens with zero attached hydrogens (tertiary/aromatic N) is 1. The molecule has 0 atom stereocenters. The minimum absolute atomic E-state index is 0.0540. The minimum atomic E-state index is 0.0540. The van der Waals surface area contributed by atoms with Gasteiger partial charge in [0.1, 0.15) is 5.82 Å². The zero-order valence-corrected chi connectivity index (χ0v) is 13.0. The molecule has 2 aromatic heterocycles. The summed E-state index contributed by atoms with van der Waals surface area (Å²) in [7, 11) is 0. The van der Waals surface area contributed by atoms with E-state index in [0.717, 1.165) is 30.0 Å². The van der Waals surface area contributed by atoms with E-state index in [2.05, 4.69) is 21.4 Å². The lowest BCUT2D eigenvalue weighted by molar-refractivity contribution is 0.0958. The van der Waals surface area contributed by atoms with Crippen LogP contribution in [0.25, 0.3) is 0 Å². The van der Waals surface area contributed by atoms with E-state index in [1.54, 1.807) is 23.7 Å². The highest BCUT2D eigenvalue weighted by molar-refractivity contribution is 7.14. The summed E-state index contributed by atoms with van der Waals surface area (Å²) >= 11 is 1.68. The summed E-state index contributed by atoms with van der Waals surface area (Å²) in [5.41, 5.74) is 1.40. The first kappa shape index (κ1) is 14.3. The average Bonchev–Trinajstić information content (AvgIpc) is 3.09. The summed E-state index contributed by atoms with van der Waals surface area (Å²) in [6.07, 6.45) is 11.7. The van der Waals surface area contributed by atoms with E-state index < -0.39 is 0 Å². The summed E-state index contributed by atoms with van der Waals surface area (Å²) in [6, 6.07) is 2.10. The lowest BCUT2D eigenvalue weighted by Gasteiger charge is -2.07. The second-order valence-corrected chi connectivity index (χ2v) is 6.65. The van der Waals surface area contributed by atoms with Gasteiger partial charge in [0.15, 0.2) is 0 Å². The van der Waals surface area contributed by atoms with Crippen molar-refractivity contribution in [3.63, 3.8) is 0 Å². The van der Waals surface area contributed by atoms with Crippen LogP contribution in [0, 0.1) is 0 Å². The Hall–Kier alpha value is -1.62. The van der Waals surface area contributed by atoms with E-state index in [4.69, 9.17) is 0 Å². The van der Waals surface area contributed by atoms with E-state index in [1.807, 2.05) is 0 Å². The van der Waals surface area contributed by atoms with Crippen LogP contribution in [0.3, 0.4) is 0 Å². The lowest BCUT2D eigenvalue weighted by atomic mass is 10.00. The molecule has 112 valence electrons. The standard InChI is InChI=1S/C16H21N3OS/c20-16(19-8-7-15-17-9-10-18-15)14-11-12-5-3-1-2-4-6-13(12)21-14/h9-11H,1-8H2,(H,17,18)(H,19,20). The number of nitrogens with one attached hydrogen (secondary N) is 2. The number of imidazole rings is 1. The molecule has 2 aromatic rings. The molecule has 1 amide bonds. The molecule has 4 nitrogen and oxygen atoms in total. The molecule has 0 unspecified atom stereocenters. The van der Waals surface area contributed by atoms with Gasteiger partial charge < -0.3 is 10.3 Å². The quantitative estimate of drug-likeness (QED) is 0.912. The van der Waals surface area contributed by atoms with Gasteiger partial charge >= 0.3 is 0 Å². The fourth-order valence-corrected chi connectivity index (χ4v) is 3.94. The number of H-pyrrole nitrogens is 1. The Morgan fingerprint density at radius 3 is 2.95 bits per heavy atom. The van der Waals surface area contributed by atoms with Crippen molar-refractivity contribution in [2.45, 2.75) is 44.9 Å². The molecule has 0 aromatic carbocycles. The van der Waals surface area contributed by atoms with Crippen LogP contribution in [0.1, 0.15) is 51.6 Å². The van der Waals surface area contributed by atoms with Gasteiger partial charge in [0.25, 0.3) is 5.91 Å². The molecule has 2 N–H and O–H groups in total. The van der Waals surface area contributed by atoms with Gasteiger partial charge in [0.05, 0.1) is 4.88 Å². The predicted octanol–water partition coefficient (Wildman–Crippen LogP) is 3.10. The Kier molecular flexibility index (Phi) is 4.70. The summed E-state index contributed by atoms with van der Waals surface area (Å²) in [5, 5.41) is 2.99. The second-order valence-electron chi connectivity index (χ2n) is 5.52. The van der Waals surface area contributed by atoms with Crippen LogP contribution < -0.4 is 5.32 Å². The number of aromatic amines is 1. The van der Waals surface area contributed by atoms with Crippen LogP contribution in [-0.2, 0) is 19.3 Å². The van der Waals surface area contributed by atoms with Crippen molar-refractivity contribution in [1.29, 1.82) is 0 Å². The number of fused-ring (bicyclic) bond motifs is 1. The highest BCUT2D eigenvalue weighted by atomic mass is 32.1. The average molecular weight is 303 g/mol. The second kappa shape index (κ2) is 6.89. The predicted molar refractivity (Wildman–Crippen MR) is 84.8 cm³/mol. The third-order valence-corrected chi connectivity index (χ3v) is 5.16. The molecule has 1 aliphatic carbocycles. The molecule has 5 heteroatoms. The first-order valence-electron chi connectivity index (χ1n) is 7.71. The molecule has 21 heavy (non-hydrogen) atoms. The third-order valence-electron chi connectivity index (χ3n) is 3.92. The van der Waals surface area contributed by atoms with Gasteiger partial charge in [-0.2, -0.15) is 0 Å². The van der Waals surface area contributed by atoms with Gasteiger partial charge in [0, 0.05) is 30.2 Å². The highest BCUT2D eigenvalue weighted by Gasteiger charge is 2.15. The van der Waals surface area contributed by atoms with Crippen LogP contribution in [0.2, 0.25) is 0 Å². The molecule has 0 aliphatic heterocycles. The molecule has 0 fully saturated rings. The number of aromatic nitrogens is 2. The first-order chi connectivity index (χ1) is 10.3. The monoisotopic (exact) mass is 303 g/mol. The van der Waals surface area contributed by atoms with E-state index in [9.17, 15) is 4.79 Å². The number of hydrogen-bond acceptors (Lipinski definition) is 3. The molecule has 0 radical (unpaired) electrons. The molecule has 1 aliphatic rings. The maximum atomic E-state index is 12.2. The Balaban J connectivity index is 1.58. The van der Waals surface area contributed by atoms with Crippen molar-refractivity contribution in [2.24, 2.45) is 0 Å². The third kappa shape index (κ3) is 3.73. The van der Waals surface area contributed by atoms with Crippen molar-refractivity contribution in [3.05, 3.63) is 39.6 Å². The van der Waals surface area contributed by atoms with Crippen molar-refractivity contribution in [1.82, 2.24) is 15.3 Å². The Labute approximate surface area is 129 Å². The number of hydrogen-bond donors (Lipinski definition) is 2. The lowest BCUT2D eigenvalue weighted by Crippen LogP contribution is -2.25. The van der Waals surface area contributed by atoms with Gasteiger partial charge in [0.2, 0.25) is 0 Å². The van der Waals surface area contributed by atoms with E-state index in [-0.39, 0.29) is 5.91 Å². The molecule has 2 heterocycles. The molecule has 0 saturated carbocycles. The van der Waals surface area contributed by atoms with Gasteiger partial charge in [-0.15, -0.1) is 11.3 Å². The number of amides is 1. The van der Waals surface area contributed by atoms with Gasteiger partial charge in [-0.1, -0.05) is 12.8 Å². The number of carbonyl (C=O) groups excluding carboxylic acids is 1. The van der Waals surface area contributed by atoms with Crippen LogP contribution in [0.4, 0.5) is 0 Å². The first-order valence-corrected chi connectivity index (χ1v) is 8.52. The number of thiophene rings is 1. The summed E-state index contributed by atoms with van der Waals surface area (Å²) in [6.45, 7) is 0.620. The molecular weight excluding hydrogens is 282 g/mol. The maximum absolute atomic E-state index is 12.2. The van der Waals surface area contributed by atoms with Crippen molar-refractivity contribution in [3.8, 4) is 0 Å². The number of rotatable bonds is 4. The van der Waals surface area contributed by atoms with Gasteiger partial charge in [-0.25, -0.2) is 4.98 Å².